The first kappa shape index (κ1) is 22.4. The van der Waals surface area contributed by atoms with E-state index < -0.39 is 52.4 Å². The molecule has 2 saturated heterocycles. The number of nitrogens with one attached hydrogen (secondary N) is 1. The lowest BCUT2D eigenvalue weighted by Gasteiger charge is -2.44. The minimum Gasteiger partial charge on any atom is -0.419 e. The molecule has 5 atom stereocenters. The Hall–Kier alpha value is -3.37. The fraction of sp³-hybridized carbons (Fsp3) is 0.333. The molecule has 0 spiro atoms. The molecule has 10 heteroatoms. The Bertz CT molecular complexity index is 1190. The van der Waals surface area contributed by atoms with Crippen LogP contribution in [0.5, 0.6) is 0 Å². The second kappa shape index (κ2) is 8.14. The molecular formula is C24H23N3O6S. The first-order valence-corrected chi connectivity index (χ1v) is 11.7. The molecule has 2 fully saturated rings. The van der Waals surface area contributed by atoms with E-state index in [-0.39, 0.29) is 5.91 Å². The summed E-state index contributed by atoms with van der Waals surface area (Å²) in [5.41, 5.74) is 7.51. The molecular weight excluding hydrogens is 458 g/mol. The summed E-state index contributed by atoms with van der Waals surface area (Å²) in [5, 5.41) is 2.29. The number of β-lactam (4-membered cyclic amide) rings is 1. The molecule has 0 bridgehead atoms. The van der Waals surface area contributed by atoms with Gasteiger partial charge in [-0.1, -0.05) is 48.5 Å². The molecule has 2 aromatic rings. The van der Waals surface area contributed by atoms with E-state index >= 15 is 0 Å². The first-order valence-electron chi connectivity index (χ1n) is 10.8. The fourth-order valence-electron chi connectivity index (χ4n) is 4.55. The zero-order chi connectivity index (χ0) is 24.2. The van der Waals surface area contributed by atoms with Crippen LogP contribution in [-0.4, -0.2) is 50.9 Å². The third-order valence-electron chi connectivity index (χ3n) is 6.28. The number of benzene rings is 2. The molecule has 0 radical (unpaired) electrons. The summed E-state index contributed by atoms with van der Waals surface area (Å²) >= 11 is 1.40. The number of hydrogen-bond donors (Lipinski definition) is 2. The average molecular weight is 482 g/mol. The van der Waals surface area contributed by atoms with E-state index in [1.807, 2.05) is 19.9 Å². The van der Waals surface area contributed by atoms with Crippen LogP contribution in [0.15, 0.2) is 54.6 Å². The van der Waals surface area contributed by atoms with Crippen molar-refractivity contribution in [3.05, 3.63) is 71.3 Å². The lowest BCUT2D eigenvalue weighted by molar-refractivity contribution is -0.180. The van der Waals surface area contributed by atoms with Crippen LogP contribution >= 0.6 is 11.8 Å². The van der Waals surface area contributed by atoms with Crippen LogP contribution in [0.4, 0.5) is 0 Å². The second-order valence-electron chi connectivity index (χ2n) is 8.90. The molecule has 34 heavy (non-hydrogen) atoms. The maximum Gasteiger partial charge on any atom is 0.342 e. The zero-order valence-electron chi connectivity index (χ0n) is 18.5. The van der Waals surface area contributed by atoms with Crippen molar-refractivity contribution in [3.8, 4) is 0 Å². The van der Waals surface area contributed by atoms with Gasteiger partial charge in [0.2, 0.25) is 11.8 Å². The van der Waals surface area contributed by atoms with Crippen molar-refractivity contribution in [2.75, 3.05) is 0 Å². The molecule has 3 N–H and O–H groups in total. The number of amides is 2. The van der Waals surface area contributed by atoms with Gasteiger partial charge >= 0.3 is 11.9 Å². The number of nitrogens with two attached hydrogens (primary N) is 1. The average Bonchev–Trinajstić information content (AvgIpc) is 3.28. The van der Waals surface area contributed by atoms with Crippen molar-refractivity contribution < 1.29 is 28.7 Å². The number of thioether (sulfide) groups is 1. The van der Waals surface area contributed by atoms with Gasteiger partial charge in [-0.3, -0.25) is 9.59 Å². The maximum absolute atomic E-state index is 13.2. The van der Waals surface area contributed by atoms with E-state index in [1.54, 1.807) is 48.5 Å². The molecule has 2 aromatic carbocycles. The quantitative estimate of drug-likeness (QED) is 0.487. The van der Waals surface area contributed by atoms with E-state index in [4.69, 9.17) is 15.2 Å². The molecule has 0 aromatic heterocycles. The van der Waals surface area contributed by atoms with Gasteiger partial charge in [0.15, 0.2) is 0 Å². The van der Waals surface area contributed by atoms with Gasteiger partial charge in [0.05, 0.1) is 5.56 Å². The number of ether oxygens (including phenoxy) is 2. The van der Waals surface area contributed by atoms with E-state index in [2.05, 4.69) is 5.32 Å². The highest BCUT2D eigenvalue weighted by Crippen LogP contribution is 2.51. The lowest BCUT2D eigenvalue weighted by Crippen LogP contribution is -2.71. The number of esters is 2. The van der Waals surface area contributed by atoms with Gasteiger partial charge in [0.1, 0.15) is 23.5 Å². The Morgan fingerprint density at radius 2 is 1.79 bits per heavy atom. The third-order valence-corrected chi connectivity index (χ3v) is 7.85. The van der Waals surface area contributed by atoms with Crippen LogP contribution in [-0.2, 0) is 23.9 Å². The summed E-state index contributed by atoms with van der Waals surface area (Å²) < 4.78 is 10.1. The molecule has 2 amide bonds. The van der Waals surface area contributed by atoms with Gasteiger partial charge in [0.25, 0.3) is 6.29 Å². The minimum absolute atomic E-state index is 0.343. The van der Waals surface area contributed by atoms with Crippen molar-refractivity contribution in [1.29, 1.82) is 0 Å². The molecule has 3 aliphatic rings. The summed E-state index contributed by atoms with van der Waals surface area (Å²) in [6, 6.07) is 12.9. The van der Waals surface area contributed by atoms with Crippen molar-refractivity contribution in [2.45, 2.75) is 48.4 Å². The van der Waals surface area contributed by atoms with Crippen molar-refractivity contribution >= 4 is 35.5 Å². The van der Waals surface area contributed by atoms with Crippen LogP contribution in [0.25, 0.3) is 0 Å². The topological polar surface area (TPSA) is 128 Å². The smallest absolute Gasteiger partial charge is 0.342 e. The molecule has 176 valence electrons. The van der Waals surface area contributed by atoms with Crippen LogP contribution in [0, 0.1) is 0 Å². The van der Waals surface area contributed by atoms with E-state index in [0.29, 0.717) is 16.7 Å². The molecule has 3 aliphatic heterocycles. The molecule has 0 aliphatic carbocycles. The van der Waals surface area contributed by atoms with Gasteiger partial charge < -0.3 is 25.4 Å². The van der Waals surface area contributed by atoms with E-state index in [0.717, 1.165) is 0 Å². The number of carbonyl (C=O) groups excluding carboxylic acids is 4. The number of fused-ring (bicyclic) bond motifs is 2. The molecule has 0 unspecified atom stereocenters. The summed E-state index contributed by atoms with van der Waals surface area (Å²) in [5.74, 6) is -2.09. The van der Waals surface area contributed by atoms with E-state index in [9.17, 15) is 19.2 Å². The number of hydrogen-bond acceptors (Lipinski definition) is 8. The van der Waals surface area contributed by atoms with Gasteiger partial charge in [-0.2, -0.15) is 0 Å². The summed E-state index contributed by atoms with van der Waals surface area (Å²) in [6.07, 6.45) is -1.16. The lowest BCUT2D eigenvalue weighted by atomic mass is 9.95. The Kier molecular flexibility index (Phi) is 5.37. The minimum atomic E-state index is -1.16. The second-order valence-corrected chi connectivity index (χ2v) is 10.7. The number of nitrogens with zero attached hydrogens (tertiary/aromatic N) is 1. The standard InChI is InChI=1S/C24H23N3O6S/c1-24(2)17(22(31)33-23-14-11-7-6-10-13(14)21(30)32-23)27-19(29)16(20(27)34-24)26-18(28)15(25)12-8-4-3-5-9-12/h3-11,15-17,20,23H,25H2,1-2H3,(H,26,28)/t15-,16-,17+,20-,23-/m1/s1. The van der Waals surface area contributed by atoms with Crippen LogP contribution < -0.4 is 11.1 Å². The van der Waals surface area contributed by atoms with Crippen molar-refractivity contribution in [3.63, 3.8) is 0 Å². The number of cyclic esters (lactones) is 1. The number of carbonyl (C=O) groups is 4. The Balaban J connectivity index is 1.28. The van der Waals surface area contributed by atoms with Crippen LogP contribution in [0.3, 0.4) is 0 Å². The molecule has 3 heterocycles. The fourth-order valence-corrected chi connectivity index (χ4v) is 6.17. The Morgan fingerprint density at radius 3 is 2.53 bits per heavy atom. The van der Waals surface area contributed by atoms with Crippen molar-refractivity contribution in [2.24, 2.45) is 5.73 Å². The molecule has 0 saturated carbocycles. The molecule has 5 rings (SSSR count). The van der Waals surface area contributed by atoms with Crippen LogP contribution in [0.1, 0.15) is 47.7 Å². The molecule has 9 nitrogen and oxygen atoms in total. The monoisotopic (exact) mass is 481 g/mol. The Labute approximate surface area is 199 Å². The summed E-state index contributed by atoms with van der Waals surface area (Å²) in [7, 11) is 0. The predicted octanol–water partition coefficient (Wildman–Crippen LogP) is 1.65. The highest BCUT2D eigenvalue weighted by Gasteiger charge is 2.65. The van der Waals surface area contributed by atoms with Gasteiger partial charge in [-0.25, -0.2) is 9.59 Å². The summed E-state index contributed by atoms with van der Waals surface area (Å²) in [4.78, 5) is 52.3. The van der Waals surface area contributed by atoms with Crippen molar-refractivity contribution in [1.82, 2.24) is 10.2 Å². The van der Waals surface area contributed by atoms with Gasteiger partial charge in [-0.15, -0.1) is 11.8 Å². The van der Waals surface area contributed by atoms with Gasteiger partial charge in [-0.05, 0) is 25.5 Å². The normalized spacial score (nSPS) is 27.2. The first-order chi connectivity index (χ1) is 16.2. The highest BCUT2D eigenvalue weighted by molar-refractivity contribution is 8.01. The zero-order valence-corrected chi connectivity index (χ0v) is 19.3. The largest absolute Gasteiger partial charge is 0.419 e. The van der Waals surface area contributed by atoms with Gasteiger partial charge in [0, 0.05) is 10.3 Å². The summed E-state index contributed by atoms with van der Waals surface area (Å²) in [6.45, 7) is 3.66. The third kappa shape index (κ3) is 3.54. The van der Waals surface area contributed by atoms with Crippen LogP contribution in [0.2, 0.25) is 0 Å². The number of rotatable bonds is 5. The predicted molar refractivity (Wildman–Crippen MR) is 122 cm³/mol. The SMILES string of the molecule is CC1(C)S[C@@H]2[C@H](NC(=O)[C@H](N)c3ccccc3)C(=O)N2[C@H]1C(=O)O[C@H]1OC(=O)c2ccccc21. The maximum atomic E-state index is 13.2. The highest BCUT2D eigenvalue weighted by atomic mass is 32.2. The Morgan fingerprint density at radius 1 is 1.12 bits per heavy atom. The van der Waals surface area contributed by atoms with E-state index in [1.165, 1.54) is 16.7 Å².